The Morgan fingerprint density at radius 1 is 1.24 bits per heavy atom. The Morgan fingerprint density at radius 2 is 1.92 bits per heavy atom. The molecule has 3 nitrogen and oxygen atoms in total. The first-order valence-electron chi connectivity index (χ1n) is 8.03. The van der Waals surface area contributed by atoms with Gasteiger partial charge in [0.1, 0.15) is 17.4 Å². The van der Waals surface area contributed by atoms with Crippen LogP contribution in [0, 0.1) is 17.6 Å². The average Bonchev–Trinajstić information content (AvgIpc) is 2.68. The molecule has 0 bridgehead atoms. The molecule has 25 heavy (non-hydrogen) atoms. The molecule has 0 N–H and O–H groups in total. The van der Waals surface area contributed by atoms with E-state index in [1.165, 1.54) is 23.1 Å². The zero-order valence-electron chi connectivity index (χ0n) is 13.9. The number of fused-ring (bicyclic) bond motifs is 1. The van der Waals surface area contributed by atoms with Gasteiger partial charge in [0, 0.05) is 22.7 Å². The molecule has 0 saturated carbocycles. The fourth-order valence-electron chi connectivity index (χ4n) is 2.87. The van der Waals surface area contributed by atoms with Crippen LogP contribution in [-0.4, -0.2) is 16.9 Å². The molecule has 1 aliphatic heterocycles. The van der Waals surface area contributed by atoms with E-state index in [0.29, 0.717) is 16.3 Å². The van der Waals surface area contributed by atoms with E-state index >= 15 is 0 Å². The van der Waals surface area contributed by atoms with Gasteiger partial charge in [-0.05, 0) is 36.2 Å². The summed E-state index contributed by atoms with van der Waals surface area (Å²) in [4.78, 5) is 14.3. The van der Waals surface area contributed by atoms with Crippen molar-refractivity contribution in [3.05, 3.63) is 64.2 Å². The molecule has 1 amide bonds. The fraction of sp³-hybridized carbons (Fsp3) is 0.316. The van der Waals surface area contributed by atoms with Crippen molar-refractivity contribution in [3.8, 4) is 5.75 Å². The lowest BCUT2D eigenvalue weighted by Crippen LogP contribution is -2.42. The van der Waals surface area contributed by atoms with Gasteiger partial charge in [-0.3, -0.25) is 4.79 Å². The van der Waals surface area contributed by atoms with Crippen LogP contribution >= 0.6 is 11.6 Å². The number of hydrogen-bond acceptors (Lipinski definition) is 2. The summed E-state index contributed by atoms with van der Waals surface area (Å²) in [5, 5.41) is 0.509. The van der Waals surface area contributed by atoms with E-state index in [2.05, 4.69) is 0 Å². The van der Waals surface area contributed by atoms with Crippen molar-refractivity contribution >= 4 is 17.5 Å². The largest absolute Gasteiger partial charge is 0.480 e. The second kappa shape index (κ2) is 7.00. The van der Waals surface area contributed by atoms with Gasteiger partial charge in [-0.15, -0.1) is 0 Å². The molecule has 0 saturated heterocycles. The highest BCUT2D eigenvalue weighted by molar-refractivity contribution is 6.30. The standard InChI is InChI=1S/C19H18ClF2NO2/c1-11(2)18-19(24)23(10-14-15(21)4-3-5-16(14)22)9-12-8-13(20)6-7-17(12)25-18/h3-8,11,18H,9-10H2,1-2H3. The van der Waals surface area contributed by atoms with Gasteiger partial charge < -0.3 is 9.64 Å². The summed E-state index contributed by atoms with van der Waals surface area (Å²) in [5.74, 6) is -1.18. The van der Waals surface area contributed by atoms with E-state index in [9.17, 15) is 13.6 Å². The van der Waals surface area contributed by atoms with Gasteiger partial charge in [0.2, 0.25) is 0 Å². The predicted octanol–water partition coefficient (Wildman–Crippen LogP) is 4.56. The molecule has 0 aliphatic carbocycles. The third-order valence-corrected chi connectivity index (χ3v) is 4.44. The molecule has 1 atom stereocenters. The average molecular weight is 366 g/mol. The number of hydrogen-bond donors (Lipinski definition) is 0. The van der Waals surface area contributed by atoms with Crippen molar-refractivity contribution in [2.75, 3.05) is 0 Å². The molecule has 0 radical (unpaired) electrons. The monoisotopic (exact) mass is 365 g/mol. The Labute approximate surface area is 150 Å². The highest BCUT2D eigenvalue weighted by atomic mass is 35.5. The SMILES string of the molecule is CC(C)C1Oc2ccc(Cl)cc2CN(Cc2c(F)cccc2F)C1=O. The van der Waals surface area contributed by atoms with Crippen LogP contribution in [0.2, 0.25) is 5.02 Å². The number of amides is 1. The number of carbonyl (C=O) groups excluding carboxylic acids is 1. The summed E-state index contributed by atoms with van der Waals surface area (Å²) in [7, 11) is 0. The topological polar surface area (TPSA) is 29.5 Å². The highest BCUT2D eigenvalue weighted by Crippen LogP contribution is 2.31. The van der Waals surface area contributed by atoms with Gasteiger partial charge in [0.15, 0.2) is 6.10 Å². The third-order valence-electron chi connectivity index (χ3n) is 4.21. The van der Waals surface area contributed by atoms with E-state index in [-0.39, 0.29) is 30.5 Å². The summed E-state index contributed by atoms with van der Waals surface area (Å²) in [6, 6.07) is 8.77. The molecular weight excluding hydrogens is 348 g/mol. The number of benzene rings is 2. The molecule has 1 aliphatic rings. The minimum atomic E-state index is -0.725. The molecule has 1 unspecified atom stereocenters. The van der Waals surface area contributed by atoms with E-state index in [1.54, 1.807) is 18.2 Å². The number of carbonyl (C=O) groups is 1. The molecule has 3 rings (SSSR count). The minimum Gasteiger partial charge on any atom is -0.480 e. The van der Waals surface area contributed by atoms with E-state index in [4.69, 9.17) is 16.3 Å². The number of ether oxygens (including phenoxy) is 1. The maximum atomic E-state index is 14.0. The van der Waals surface area contributed by atoms with Gasteiger partial charge >= 0.3 is 0 Å². The molecule has 2 aromatic rings. The fourth-order valence-corrected chi connectivity index (χ4v) is 3.06. The molecule has 6 heteroatoms. The molecule has 1 heterocycles. The molecule has 0 fully saturated rings. The quantitative estimate of drug-likeness (QED) is 0.797. The van der Waals surface area contributed by atoms with Crippen molar-refractivity contribution < 1.29 is 18.3 Å². The molecule has 0 aromatic heterocycles. The Bertz CT molecular complexity index is 790. The molecule has 132 valence electrons. The second-order valence-corrected chi connectivity index (χ2v) is 6.87. The van der Waals surface area contributed by atoms with E-state index in [0.717, 1.165) is 0 Å². The number of nitrogens with zero attached hydrogens (tertiary/aromatic N) is 1. The summed E-state index contributed by atoms with van der Waals surface area (Å²) < 4.78 is 33.9. The van der Waals surface area contributed by atoms with Crippen LogP contribution < -0.4 is 4.74 Å². The summed E-state index contributed by atoms with van der Waals surface area (Å²) in [6.45, 7) is 3.73. The zero-order chi connectivity index (χ0) is 18.1. The van der Waals surface area contributed by atoms with Gasteiger partial charge in [0.05, 0.1) is 6.54 Å². The van der Waals surface area contributed by atoms with Crippen LogP contribution in [0.5, 0.6) is 5.75 Å². The maximum Gasteiger partial charge on any atom is 0.264 e. The van der Waals surface area contributed by atoms with Crippen molar-refractivity contribution in [1.29, 1.82) is 0 Å². The van der Waals surface area contributed by atoms with Crippen LogP contribution in [0.4, 0.5) is 8.78 Å². The van der Waals surface area contributed by atoms with Crippen LogP contribution in [0.3, 0.4) is 0 Å². The maximum absolute atomic E-state index is 14.0. The minimum absolute atomic E-state index is 0.0953. The van der Waals surface area contributed by atoms with Crippen molar-refractivity contribution in [2.45, 2.75) is 33.0 Å². The van der Waals surface area contributed by atoms with Crippen LogP contribution in [0.1, 0.15) is 25.0 Å². The van der Waals surface area contributed by atoms with Crippen LogP contribution in [0.25, 0.3) is 0 Å². The van der Waals surface area contributed by atoms with Gasteiger partial charge in [-0.25, -0.2) is 8.78 Å². The number of halogens is 3. The Kier molecular flexibility index (Phi) is 4.95. The lowest BCUT2D eigenvalue weighted by molar-refractivity contribution is -0.141. The van der Waals surface area contributed by atoms with Gasteiger partial charge in [0.25, 0.3) is 5.91 Å². The van der Waals surface area contributed by atoms with Gasteiger partial charge in [-0.1, -0.05) is 31.5 Å². The van der Waals surface area contributed by atoms with Crippen molar-refractivity contribution in [3.63, 3.8) is 0 Å². The predicted molar refractivity (Wildman–Crippen MR) is 91.3 cm³/mol. The summed E-state index contributed by atoms with van der Waals surface area (Å²) in [5.41, 5.74) is 0.574. The van der Waals surface area contributed by atoms with Crippen molar-refractivity contribution in [1.82, 2.24) is 4.90 Å². The van der Waals surface area contributed by atoms with Crippen LogP contribution in [-0.2, 0) is 17.9 Å². The van der Waals surface area contributed by atoms with E-state index < -0.39 is 17.7 Å². The Morgan fingerprint density at radius 3 is 2.56 bits per heavy atom. The lowest BCUT2D eigenvalue weighted by atomic mass is 10.1. The van der Waals surface area contributed by atoms with Gasteiger partial charge in [-0.2, -0.15) is 0 Å². The molecular formula is C19H18ClF2NO2. The first-order chi connectivity index (χ1) is 11.9. The van der Waals surface area contributed by atoms with E-state index in [1.807, 2.05) is 13.8 Å². The Balaban J connectivity index is 2.00. The first-order valence-corrected chi connectivity index (χ1v) is 8.41. The zero-order valence-corrected chi connectivity index (χ0v) is 14.7. The summed E-state index contributed by atoms with van der Waals surface area (Å²) >= 11 is 6.04. The molecule has 2 aromatic carbocycles. The highest BCUT2D eigenvalue weighted by Gasteiger charge is 2.34. The van der Waals surface area contributed by atoms with Crippen molar-refractivity contribution in [2.24, 2.45) is 5.92 Å². The smallest absolute Gasteiger partial charge is 0.264 e. The summed E-state index contributed by atoms with van der Waals surface area (Å²) in [6.07, 6.45) is -0.725. The molecule has 0 spiro atoms. The van der Waals surface area contributed by atoms with Crippen LogP contribution in [0.15, 0.2) is 36.4 Å². The number of rotatable bonds is 3. The third kappa shape index (κ3) is 3.61. The first kappa shape index (κ1) is 17.7. The Hall–Kier alpha value is -2.14. The lowest BCUT2D eigenvalue weighted by Gasteiger charge is -2.26. The normalized spacial score (nSPS) is 17.3. The second-order valence-electron chi connectivity index (χ2n) is 6.43.